The maximum atomic E-state index is 6.46. The molecule has 18 heavy (non-hydrogen) atoms. The topological polar surface area (TPSA) is 18.5 Å². The third-order valence-electron chi connectivity index (χ3n) is 6.30. The van der Waals surface area contributed by atoms with Gasteiger partial charge in [0.05, 0.1) is 12.7 Å². The molecule has 0 aromatic heterocycles. The van der Waals surface area contributed by atoms with E-state index in [9.17, 15) is 0 Å². The van der Waals surface area contributed by atoms with Gasteiger partial charge in [0.2, 0.25) is 0 Å². The first kappa shape index (κ1) is 12.9. The third-order valence-corrected chi connectivity index (χ3v) is 6.30. The van der Waals surface area contributed by atoms with Crippen LogP contribution in [0.4, 0.5) is 0 Å². The Balaban J connectivity index is 1.84. The molecule has 0 radical (unpaired) electrons. The Morgan fingerprint density at radius 1 is 1.11 bits per heavy atom. The molecule has 0 amide bonds. The molecule has 104 valence electrons. The second kappa shape index (κ2) is 3.96. The molecule has 1 spiro atoms. The van der Waals surface area contributed by atoms with Gasteiger partial charge in [-0.05, 0) is 36.0 Å². The fraction of sp³-hybridized carbons (Fsp3) is 1.00. The Labute approximate surface area is 111 Å². The molecule has 2 saturated heterocycles. The van der Waals surface area contributed by atoms with Crippen LogP contribution in [-0.4, -0.2) is 18.5 Å². The van der Waals surface area contributed by atoms with E-state index in [0.29, 0.717) is 29.3 Å². The van der Waals surface area contributed by atoms with E-state index in [2.05, 4.69) is 34.6 Å². The maximum absolute atomic E-state index is 6.46. The van der Waals surface area contributed by atoms with Gasteiger partial charge in [0.1, 0.15) is 0 Å². The number of hydrogen-bond acceptors (Lipinski definition) is 2. The van der Waals surface area contributed by atoms with E-state index in [4.69, 9.17) is 9.47 Å². The molecule has 2 aliphatic heterocycles. The normalized spacial score (nSPS) is 54.8. The fourth-order valence-electron chi connectivity index (χ4n) is 4.67. The minimum Gasteiger partial charge on any atom is -0.349 e. The van der Waals surface area contributed by atoms with E-state index in [1.807, 2.05) is 0 Å². The Morgan fingerprint density at radius 3 is 2.39 bits per heavy atom. The van der Waals surface area contributed by atoms with Gasteiger partial charge in [-0.3, -0.25) is 0 Å². The molecule has 1 aliphatic carbocycles. The lowest BCUT2D eigenvalue weighted by Crippen LogP contribution is -2.45. The Kier molecular flexibility index (Phi) is 2.84. The van der Waals surface area contributed by atoms with Gasteiger partial charge >= 0.3 is 0 Å². The first-order valence-corrected chi connectivity index (χ1v) is 7.68. The second-order valence-corrected chi connectivity index (χ2v) is 7.70. The van der Waals surface area contributed by atoms with Gasteiger partial charge in [0.25, 0.3) is 0 Å². The lowest BCUT2D eigenvalue weighted by Gasteiger charge is -2.42. The van der Waals surface area contributed by atoms with Gasteiger partial charge in [-0.1, -0.05) is 34.6 Å². The van der Waals surface area contributed by atoms with E-state index in [1.165, 1.54) is 12.8 Å². The van der Waals surface area contributed by atoms with E-state index >= 15 is 0 Å². The van der Waals surface area contributed by atoms with E-state index in [0.717, 1.165) is 18.9 Å². The summed E-state index contributed by atoms with van der Waals surface area (Å²) >= 11 is 0. The highest BCUT2D eigenvalue weighted by atomic mass is 16.7. The molecule has 3 aliphatic rings. The van der Waals surface area contributed by atoms with E-state index in [1.54, 1.807) is 0 Å². The molecule has 2 heterocycles. The molecule has 0 N–H and O–H groups in total. The number of rotatable bonds is 0. The van der Waals surface area contributed by atoms with Crippen molar-refractivity contribution >= 4 is 0 Å². The molecule has 3 fully saturated rings. The summed E-state index contributed by atoms with van der Waals surface area (Å²) in [6.45, 7) is 12.7. The predicted molar refractivity (Wildman–Crippen MR) is 72.2 cm³/mol. The first-order valence-electron chi connectivity index (χ1n) is 7.68. The van der Waals surface area contributed by atoms with Crippen LogP contribution in [0.1, 0.15) is 53.9 Å². The summed E-state index contributed by atoms with van der Waals surface area (Å²) in [5.41, 5.74) is 0.389. The molecule has 2 heteroatoms. The van der Waals surface area contributed by atoms with Gasteiger partial charge in [0.15, 0.2) is 5.79 Å². The Morgan fingerprint density at radius 2 is 1.83 bits per heavy atom. The largest absolute Gasteiger partial charge is 0.349 e. The molecule has 1 saturated carbocycles. The quantitative estimate of drug-likeness (QED) is 0.652. The first-order chi connectivity index (χ1) is 8.37. The number of hydrogen-bond donors (Lipinski definition) is 0. The maximum Gasteiger partial charge on any atom is 0.171 e. The summed E-state index contributed by atoms with van der Waals surface area (Å²) < 4.78 is 12.7. The van der Waals surface area contributed by atoms with Crippen LogP contribution in [0.3, 0.4) is 0 Å². The minimum absolute atomic E-state index is 0.251. The zero-order valence-electron chi connectivity index (χ0n) is 12.5. The number of fused-ring (bicyclic) bond motifs is 1. The van der Waals surface area contributed by atoms with Gasteiger partial charge < -0.3 is 9.47 Å². The van der Waals surface area contributed by atoms with E-state index in [-0.39, 0.29) is 5.79 Å². The molecule has 6 atom stereocenters. The second-order valence-electron chi connectivity index (χ2n) is 7.70. The molecular formula is C16H28O2. The van der Waals surface area contributed by atoms with Crippen LogP contribution in [0.5, 0.6) is 0 Å². The lowest BCUT2D eigenvalue weighted by molar-refractivity contribution is -0.271. The van der Waals surface area contributed by atoms with Crippen molar-refractivity contribution in [2.75, 3.05) is 6.61 Å². The predicted octanol–water partition coefficient (Wildman–Crippen LogP) is 3.85. The van der Waals surface area contributed by atoms with Gasteiger partial charge in [0, 0.05) is 12.3 Å². The fourth-order valence-corrected chi connectivity index (χ4v) is 4.67. The molecule has 0 aromatic rings. The molecule has 0 aromatic carbocycles. The summed E-state index contributed by atoms with van der Waals surface area (Å²) in [5, 5.41) is 0. The standard InChI is InChI=1S/C16H28O2/c1-10-6-7-16(17-9-10)12(3)14-13(18-16)8-11(2)15(14,4)5/h10-14H,6-9H2,1-5H3/t10?,11?,12-,13-,14-,16+/m0/s1. The minimum atomic E-state index is -0.251. The zero-order chi connectivity index (χ0) is 13.1. The summed E-state index contributed by atoms with van der Waals surface area (Å²) in [7, 11) is 0. The van der Waals surface area contributed by atoms with Crippen LogP contribution in [0, 0.1) is 29.1 Å². The molecule has 2 unspecified atom stereocenters. The van der Waals surface area contributed by atoms with Crippen LogP contribution in [0.25, 0.3) is 0 Å². The van der Waals surface area contributed by atoms with Crippen molar-refractivity contribution in [3.8, 4) is 0 Å². The molecular weight excluding hydrogens is 224 g/mol. The average Bonchev–Trinajstić information content (AvgIpc) is 2.68. The Hall–Kier alpha value is -0.0800. The van der Waals surface area contributed by atoms with Crippen LogP contribution in [-0.2, 0) is 9.47 Å². The van der Waals surface area contributed by atoms with Crippen molar-refractivity contribution in [1.29, 1.82) is 0 Å². The van der Waals surface area contributed by atoms with Gasteiger partial charge in [-0.2, -0.15) is 0 Å². The summed E-state index contributed by atoms with van der Waals surface area (Å²) in [6.07, 6.45) is 3.98. The van der Waals surface area contributed by atoms with Gasteiger partial charge in [-0.25, -0.2) is 0 Å². The monoisotopic (exact) mass is 252 g/mol. The lowest BCUT2D eigenvalue weighted by atomic mass is 9.69. The highest BCUT2D eigenvalue weighted by Gasteiger charge is 2.62. The van der Waals surface area contributed by atoms with Crippen LogP contribution in [0.15, 0.2) is 0 Å². The van der Waals surface area contributed by atoms with Crippen molar-refractivity contribution in [2.24, 2.45) is 29.1 Å². The van der Waals surface area contributed by atoms with Crippen LogP contribution >= 0.6 is 0 Å². The third kappa shape index (κ3) is 1.61. The van der Waals surface area contributed by atoms with Gasteiger partial charge in [-0.15, -0.1) is 0 Å². The van der Waals surface area contributed by atoms with Crippen molar-refractivity contribution in [3.63, 3.8) is 0 Å². The van der Waals surface area contributed by atoms with Crippen molar-refractivity contribution in [1.82, 2.24) is 0 Å². The van der Waals surface area contributed by atoms with Crippen molar-refractivity contribution in [3.05, 3.63) is 0 Å². The van der Waals surface area contributed by atoms with Crippen LogP contribution < -0.4 is 0 Å². The molecule has 3 rings (SSSR count). The molecule has 0 bridgehead atoms. The summed E-state index contributed by atoms with van der Waals surface area (Å²) in [6, 6.07) is 0. The number of ether oxygens (including phenoxy) is 2. The SMILES string of the molecule is CC1CC[C@@]2(OC1)O[C@H]1CC(C)C(C)(C)[C@H]1[C@@H]2C. The van der Waals surface area contributed by atoms with Crippen molar-refractivity contribution in [2.45, 2.75) is 65.8 Å². The summed E-state index contributed by atoms with van der Waals surface area (Å²) in [5.74, 6) is 2.41. The van der Waals surface area contributed by atoms with Crippen LogP contribution in [0.2, 0.25) is 0 Å². The molecule has 2 nitrogen and oxygen atoms in total. The van der Waals surface area contributed by atoms with Crippen molar-refractivity contribution < 1.29 is 9.47 Å². The average molecular weight is 252 g/mol. The zero-order valence-corrected chi connectivity index (χ0v) is 12.5. The highest BCUT2D eigenvalue weighted by molar-refractivity contribution is 5.06. The smallest absolute Gasteiger partial charge is 0.171 e. The van der Waals surface area contributed by atoms with E-state index < -0.39 is 0 Å². The summed E-state index contributed by atoms with van der Waals surface area (Å²) in [4.78, 5) is 0. The Bertz CT molecular complexity index is 328. The highest BCUT2D eigenvalue weighted by Crippen LogP contribution is 2.60.